The monoisotopic (exact) mass is 237 g/mol. The molecule has 0 atom stereocenters. The summed E-state index contributed by atoms with van der Waals surface area (Å²) < 4.78 is 7.67. The number of piperidine rings is 1. The van der Waals surface area contributed by atoms with Gasteiger partial charge in [0.2, 0.25) is 0 Å². The van der Waals surface area contributed by atoms with Crippen LogP contribution in [0.1, 0.15) is 37.8 Å². The summed E-state index contributed by atoms with van der Waals surface area (Å²) in [5.41, 5.74) is 1.41. The fourth-order valence-electron chi connectivity index (χ4n) is 2.46. The molecule has 0 amide bonds. The van der Waals surface area contributed by atoms with Crippen molar-refractivity contribution >= 4 is 0 Å². The van der Waals surface area contributed by atoms with Crippen molar-refractivity contribution in [1.29, 1.82) is 0 Å². The van der Waals surface area contributed by atoms with Crippen LogP contribution in [0.25, 0.3) is 0 Å². The number of aryl methyl sites for hydroxylation is 1. The molecule has 0 bridgehead atoms. The molecule has 0 spiro atoms. The fraction of sp³-hybridized carbons (Fsp3) is 0.769. The SMILES string of the molecule is CCOCCCn1cncc1C1CCNCC1. The number of nitrogens with one attached hydrogen (secondary N) is 1. The summed E-state index contributed by atoms with van der Waals surface area (Å²) in [6.07, 6.45) is 7.54. The Morgan fingerprint density at radius 1 is 1.47 bits per heavy atom. The lowest BCUT2D eigenvalue weighted by atomic mass is 9.95. The first kappa shape index (κ1) is 12.6. The molecule has 2 rings (SSSR count). The van der Waals surface area contributed by atoms with Crippen LogP contribution in [0.5, 0.6) is 0 Å². The zero-order valence-electron chi connectivity index (χ0n) is 10.7. The van der Waals surface area contributed by atoms with E-state index in [4.69, 9.17) is 4.74 Å². The van der Waals surface area contributed by atoms with Crippen molar-refractivity contribution in [1.82, 2.24) is 14.9 Å². The third kappa shape index (κ3) is 3.54. The van der Waals surface area contributed by atoms with Crippen LogP contribution in [0.15, 0.2) is 12.5 Å². The molecule has 1 aromatic heterocycles. The molecule has 0 saturated carbocycles. The first-order valence-electron chi connectivity index (χ1n) is 6.70. The highest BCUT2D eigenvalue weighted by molar-refractivity contribution is 5.07. The topological polar surface area (TPSA) is 39.1 Å². The van der Waals surface area contributed by atoms with Gasteiger partial charge < -0.3 is 14.6 Å². The van der Waals surface area contributed by atoms with Crippen molar-refractivity contribution < 1.29 is 4.74 Å². The Bertz CT molecular complexity index is 318. The number of rotatable bonds is 6. The molecule has 1 aliphatic rings. The second-order valence-electron chi connectivity index (χ2n) is 4.59. The van der Waals surface area contributed by atoms with Crippen molar-refractivity contribution in [3.63, 3.8) is 0 Å². The summed E-state index contributed by atoms with van der Waals surface area (Å²) in [5, 5.41) is 3.41. The zero-order valence-corrected chi connectivity index (χ0v) is 10.7. The van der Waals surface area contributed by atoms with Gasteiger partial charge in [-0.25, -0.2) is 4.98 Å². The van der Waals surface area contributed by atoms with E-state index in [9.17, 15) is 0 Å². The smallest absolute Gasteiger partial charge is 0.0948 e. The summed E-state index contributed by atoms with van der Waals surface area (Å²) in [6, 6.07) is 0. The quantitative estimate of drug-likeness (QED) is 0.767. The van der Waals surface area contributed by atoms with Gasteiger partial charge in [0.05, 0.1) is 6.33 Å². The molecule has 0 aliphatic carbocycles. The van der Waals surface area contributed by atoms with Gasteiger partial charge in [-0.3, -0.25) is 0 Å². The molecule has 96 valence electrons. The fourth-order valence-corrected chi connectivity index (χ4v) is 2.46. The number of hydrogen-bond acceptors (Lipinski definition) is 3. The van der Waals surface area contributed by atoms with Crippen molar-refractivity contribution in [3.8, 4) is 0 Å². The van der Waals surface area contributed by atoms with E-state index >= 15 is 0 Å². The standard InChI is InChI=1S/C13H23N3O/c1-2-17-9-3-8-16-11-15-10-13(16)12-4-6-14-7-5-12/h10-12,14H,2-9H2,1H3. The number of nitrogens with zero attached hydrogens (tertiary/aromatic N) is 2. The van der Waals surface area contributed by atoms with Crippen LogP contribution in [0.2, 0.25) is 0 Å². The summed E-state index contributed by atoms with van der Waals surface area (Å²) >= 11 is 0. The molecule has 1 aliphatic heterocycles. The predicted octanol–water partition coefficient (Wildman–Crippen LogP) is 1.78. The lowest BCUT2D eigenvalue weighted by Gasteiger charge is -2.23. The number of aromatic nitrogens is 2. The van der Waals surface area contributed by atoms with E-state index in [0.717, 1.165) is 39.3 Å². The van der Waals surface area contributed by atoms with Crippen molar-refractivity contribution in [2.24, 2.45) is 0 Å². The highest BCUT2D eigenvalue weighted by Gasteiger charge is 2.18. The van der Waals surface area contributed by atoms with Gasteiger partial charge in [-0.2, -0.15) is 0 Å². The van der Waals surface area contributed by atoms with Gasteiger partial charge >= 0.3 is 0 Å². The summed E-state index contributed by atoms with van der Waals surface area (Å²) in [5.74, 6) is 0.686. The van der Waals surface area contributed by atoms with Crippen LogP contribution >= 0.6 is 0 Å². The van der Waals surface area contributed by atoms with Crippen molar-refractivity contribution in [2.75, 3.05) is 26.3 Å². The lowest BCUT2D eigenvalue weighted by molar-refractivity contribution is 0.141. The molecule has 1 saturated heterocycles. The van der Waals surface area contributed by atoms with Gasteiger partial charge in [0.25, 0.3) is 0 Å². The van der Waals surface area contributed by atoms with E-state index in [-0.39, 0.29) is 0 Å². The highest BCUT2D eigenvalue weighted by Crippen LogP contribution is 2.24. The molecule has 2 heterocycles. The van der Waals surface area contributed by atoms with Gasteiger partial charge in [-0.05, 0) is 39.3 Å². The van der Waals surface area contributed by atoms with Crippen LogP contribution in [0, 0.1) is 0 Å². The molecule has 17 heavy (non-hydrogen) atoms. The summed E-state index contributed by atoms with van der Waals surface area (Å²) in [6.45, 7) is 6.99. The van der Waals surface area contributed by atoms with E-state index in [1.807, 2.05) is 19.4 Å². The van der Waals surface area contributed by atoms with Crippen molar-refractivity contribution in [3.05, 3.63) is 18.2 Å². The van der Waals surface area contributed by atoms with E-state index < -0.39 is 0 Å². The Kier molecular flexibility index (Phi) is 5.01. The van der Waals surface area contributed by atoms with E-state index in [1.54, 1.807) is 0 Å². The summed E-state index contributed by atoms with van der Waals surface area (Å²) in [7, 11) is 0. The third-order valence-electron chi connectivity index (χ3n) is 3.39. The zero-order chi connectivity index (χ0) is 11.9. The third-order valence-corrected chi connectivity index (χ3v) is 3.39. The average molecular weight is 237 g/mol. The molecule has 0 aromatic carbocycles. The molecule has 1 fully saturated rings. The Labute approximate surface area is 103 Å². The van der Waals surface area contributed by atoms with Crippen LogP contribution in [0.3, 0.4) is 0 Å². The predicted molar refractivity (Wildman–Crippen MR) is 68.2 cm³/mol. The van der Waals surface area contributed by atoms with Gasteiger partial charge in [-0.15, -0.1) is 0 Å². The average Bonchev–Trinajstić information content (AvgIpc) is 2.84. The molecule has 1 N–H and O–H groups in total. The minimum Gasteiger partial charge on any atom is -0.382 e. The molecule has 0 unspecified atom stereocenters. The Morgan fingerprint density at radius 3 is 3.06 bits per heavy atom. The van der Waals surface area contributed by atoms with Crippen LogP contribution < -0.4 is 5.32 Å². The summed E-state index contributed by atoms with van der Waals surface area (Å²) in [4.78, 5) is 4.30. The normalized spacial score (nSPS) is 17.5. The first-order chi connectivity index (χ1) is 8.42. The number of hydrogen-bond donors (Lipinski definition) is 1. The van der Waals surface area contributed by atoms with Crippen LogP contribution in [-0.4, -0.2) is 35.9 Å². The molecular formula is C13H23N3O. The Hall–Kier alpha value is -0.870. The van der Waals surface area contributed by atoms with E-state index in [0.29, 0.717) is 5.92 Å². The maximum absolute atomic E-state index is 5.37. The number of ether oxygens (including phenoxy) is 1. The van der Waals surface area contributed by atoms with E-state index in [1.165, 1.54) is 18.5 Å². The Morgan fingerprint density at radius 2 is 2.29 bits per heavy atom. The molecular weight excluding hydrogens is 214 g/mol. The molecule has 1 aromatic rings. The maximum atomic E-state index is 5.37. The van der Waals surface area contributed by atoms with Crippen LogP contribution in [-0.2, 0) is 11.3 Å². The Balaban J connectivity index is 1.87. The van der Waals surface area contributed by atoms with Gasteiger partial charge in [0.15, 0.2) is 0 Å². The van der Waals surface area contributed by atoms with Gasteiger partial charge in [0, 0.05) is 37.6 Å². The van der Waals surface area contributed by atoms with Crippen LogP contribution in [0.4, 0.5) is 0 Å². The highest BCUT2D eigenvalue weighted by atomic mass is 16.5. The second kappa shape index (κ2) is 6.77. The lowest BCUT2D eigenvalue weighted by Crippen LogP contribution is -2.27. The first-order valence-corrected chi connectivity index (χ1v) is 6.70. The second-order valence-corrected chi connectivity index (χ2v) is 4.59. The van der Waals surface area contributed by atoms with E-state index in [2.05, 4.69) is 14.9 Å². The van der Waals surface area contributed by atoms with Gasteiger partial charge in [0.1, 0.15) is 0 Å². The van der Waals surface area contributed by atoms with Gasteiger partial charge in [-0.1, -0.05) is 0 Å². The maximum Gasteiger partial charge on any atom is 0.0948 e. The minimum atomic E-state index is 0.686. The minimum absolute atomic E-state index is 0.686. The number of imidazole rings is 1. The van der Waals surface area contributed by atoms with Crippen molar-refractivity contribution in [2.45, 2.75) is 38.6 Å². The largest absolute Gasteiger partial charge is 0.382 e. The molecule has 4 nitrogen and oxygen atoms in total. The molecule has 0 radical (unpaired) electrons. The molecule has 4 heteroatoms.